The highest BCUT2D eigenvalue weighted by Crippen LogP contribution is 1.94. The molecule has 2 amide bonds. The summed E-state index contributed by atoms with van der Waals surface area (Å²) in [5.74, 6) is -1.87. The quantitative estimate of drug-likeness (QED) is 0.434. The largest absolute Gasteiger partial charge is 0.772 e. The lowest BCUT2D eigenvalue weighted by Crippen LogP contribution is -2.41. The maximum atomic E-state index is 10.8. The number of halogens is 1. The van der Waals surface area contributed by atoms with E-state index in [1.807, 2.05) is 0 Å². The third-order valence-corrected chi connectivity index (χ3v) is 2.19. The van der Waals surface area contributed by atoms with Gasteiger partial charge in [-0.25, -0.2) is 0 Å². The molecule has 2 atom stereocenters. The highest BCUT2D eigenvalue weighted by atomic mass is 35.5. The first-order chi connectivity index (χ1) is 6.45. The minimum atomic E-state index is -2.35. The summed E-state index contributed by atoms with van der Waals surface area (Å²) in [4.78, 5) is 21.3. The van der Waals surface area contributed by atoms with Crippen LogP contribution in [-0.4, -0.2) is 38.3 Å². The summed E-state index contributed by atoms with van der Waals surface area (Å²) in [5, 5.41) is 2.26. The van der Waals surface area contributed by atoms with Crippen molar-refractivity contribution in [2.24, 2.45) is 5.73 Å². The molecular formula is C6H10ClN2O4S-. The number of carbonyl (C=O) groups excluding carboxylic acids is 2. The van der Waals surface area contributed by atoms with Crippen molar-refractivity contribution in [3.8, 4) is 0 Å². The fourth-order valence-corrected chi connectivity index (χ4v) is 1.43. The number of nitrogens with one attached hydrogen (secondary N) is 1. The molecule has 0 heterocycles. The molecule has 0 saturated carbocycles. The first kappa shape index (κ1) is 13.3. The van der Waals surface area contributed by atoms with Gasteiger partial charge in [-0.2, -0.15) is 0 Å². The van der Waals surface area contributed by atoms with Crippen LogP contribution in [0.5, 0.6) is 0 Å². The van der Waals surface area contributed by atoms with Crippen LogP contribution in [0.4, 0.5) is 0 Å². The average Bonchev–Trinajstić information content (AvgIpc) is 2.01. The summed E-state index contributed by atoms with van der Waals surface area (Å²) in [7, 11) is 0. The van der Waals surface area contributed by atoms with E-state index >= 15 is 0 Å². The first-order valence-electron chi connectivity index (χ1n) is 3.65. The molecule has 0 aliphatic heterocycles. The highest BCUT2D eigenvalue weighted by Gasteiger charge is 2.14. The molecule has 14 heavy (non-hydrogen) atoms. The van der Waals surface area contributed by atoms with Crippen LogP contribution in [0.25, 0.3) is 0 Å². The summed E-state index contributed by atoms with van der Waals surface area (Å²) < 4.78 is 20.6. The predicted octanol–water partition coefficient (Wildman–Crippen LogP) is -1.54. The second kappa shape index (κ2) is 6.74. The minimum absolute atomic E-state index is 0.226. The Morgan fingerprint density at radius 3 is 2.50 bits per heavy atom. The van der Waals surface area contributed by atoms with Crippen LogP contribution in [0.1, 0.15) is 6.42 Å². The number of carbonyl (C=O) groups is 2. The van der Waals surface area contributed by atoms with E-state index in [1.54, 1.807) is 0 Å². The number of primary amides is 1. The molecular weight excluding hydrogens is 232 g/mol. The molecule has 82 valence electrons. The van der Waals surface area contributed by atoms with Gasteiger partial charge in [0.2, 0.25) is 11.8 Å². The monoisotopic (exact) mass is 241 g/mol. The van der Waals surface area contributed by atoms with E-state index in [0.717, 1.165) is 0 Å². The van der Waals surface area contributed by atoms with E-state index in [0.29, 0.717) is 0 Å². The Morgan fingerprint density at radius 1 is 1.57 bits per heavy atom. The Balaban J connectivity index is 4.16. The van der Waals surface area contributed by atoms with Gasteiger partial charge < -0.3 is 15.6 Å². The van der Waals surface area contributed by atoms with Crippen LogP contribution in [0.2, 0.25) is 0 Å². The maximum Gasteiger partial charge on any atom is 0.235 e. The Kier molecular flexibility index (Phi) is 6.43. The maximum absolute atomic E-state index is 10.8. The van der Waals surface area contributed by atoms with E-state index < -0.39 is 28.9 Å². The van der Waals surface area contributed by atoms with E-state index in [-0.39, 0.29) is 18.1 Å². The van der Waals surface area contributed by atoms with E-state index in [4.69, 9.17) is 17.3 Å². The zero-order valence-corrected chi connectivity index (χ0v) is 8.77. The Hall–Kier alpha value is -0.660. The van der Waals surface area contributed by atoms with Gasteiger partial charge in [-0.15, -0.1) is 11.6 Å². The summed E-state index contributed by atoms with van der Waals surface area (Å²) in [5.41, 5.74) is 4.86. The van der Waals surface area contributed by atoms with Crippen LogP contribution >= 0.6 is 11.6 Å². The lowest BCUT2D eigenvalue weighted by molar-refractivity contribution is -0.120. The molecule has 0 spiro atoms. The topological polar surface area (TPSA) is 112 Å². The van der Waals surface area contributed by atoms with Crippen LogP contribution in [0.15, 0.2) is 0 Å². The third-order valence-electron chi connectivity index (χ3n) is 1.27. The molecule has 0 rings (SSSR count). The van der Waals surface area contributed by atoms with Crippen molar-refractivity contribution in [2.75, 3.05) is 11.6 Å². The molecule has 0 fully saturated rings. The van der Waals surface area contributed by atoms with Crippen molar-refractivity contribution in [3.05, 3.63) is 0 Å². The molecule has 1 unspecified atom stereocenters. The Bertz CT molecular complexity index is 232. The third kappa shape index (κ3) is 6.81. The average molecular weight is 242 g/mol. The molecule has 0 bridgehead atoms. The van der Waals surface area contributed by atoms with Gasteiger partial charge in [0.15, 0.2) is 0 Å². The van der Waals surface area contributed by atoms with Crippen molar-refractivity contribution in [1.29, 1.82) is 0 Å². The Morgan fingerprint density at radius 2 is 2.14 bits per heavy atom. The molecule has 0 saturated heterocycles. The van der Waals surface area contributed by atoms with Crippen LogP contribution in [0.3, 0.4) is 0 Å². The molecule has 8 heteroatoms. The standard InChI is InChI=1S/C6H11ClN2O4S/c7-2-6(11)9-4(1-5(8)10)3-14(12)13/h4H,1-3H2,(H2,8,10)(H,9,11)(H,12,13)/p-1/t4-/m0/s1. The van der Waals surface area contributed by atoms with Gasteiger partial charge in [0.1, 0.15) is 5.88 Å². The first-order valence-corrected chi connectivity index (χ1v) is 5.43. The van der Waals surface area contributed by atoms with Gasteiger partial charge in [-0.1, -0.05) is 11.1 Å². The molecule has 3 N–H and O–H groups in total. The zero-order chi connectivity index (χ0) is 11.1. The van der Waals surface area contributed by atoms with E-state index in [9.17, 15) is 18.4 Å². The minimum Gasteiger partial charge on any atom is -0.772 e. The summed E-state index contributed by atoms with van der Waals surface area (Å²) in [6.45, 7) is 0. The number of hydrogen-bond acceptors (Lipinski definition) is 4. The number of rotatable bonds is 6. The van der Waals surface area contributed by atoms with Crippen LogP contribution in [0, 0.1) is 0 Å². The van der Waals surface area contributed by atoms with Crippen LogP contribution in [-0.2, 0) is 20.7 Å². The predicted molar refractivity (Wildman–Crippen MR) is 50.2 cm³/mol. The van der Waals surface area contributed by atoms with Crippen LogP contribution < -0.4 is 11.1 Å². The summed E-state index contributed by atoms with van der Waals surface area (Å²) in [6.07, 6.45) is -0.226. The van der Waals surface area contributed by atoms with Gasteiger partial charge in [0.05, 0.1) is 0 Å². The summed E-state index contributed by atoms with van der Waals surface area (Å²) in [6, 6.07) is -0.808. The highest BCUT2D eigenvalue weighted by molar-refractivity contribution is 7.79. The molecule has 6 nitrogen and oxygen atoms in total. The van der Waals surface area contributed by atoms with Gasteiger partial charge in [-0.3, -0.25) is 13.8 Å². The molecule has 0 aromatic heterocycles. The Labute approximate surface area is 88.5 Å². The van der Waals surface area contributed by atoms with Crippen molar-refractivity contribution >= 4 is 34.5 Å². The normalized spacial score (nSPS) is 14.4. The SMILES string of the molecule is NC(=O)C[C@@H](CS(=O)[O-])NC(=O)CCl. The fraction of sp³-hybridized carbons (Fsp3) is 0.667. The van der Waals surface area contributed by atoms with Gasteiger partial charge >= 0.3 is 0 Å². The molecule has 0 radical (unpaired) electrons. The number of hydrogen-bond donors (Lipinski definition) is 2. The van der Waals surface area contributed by atoms with E-state index in [2.05, 4.69) is 5.32 Å². The second-order valence-corrected chi connectivity index (χ2v) is 3.75. The zero-order valence-electron chi connectivity index (χ0n) is 7.20. The lowest BCUT2D eigenvalue weighted by atomic mass is 10.2. The van der Waals surface area contributed by atoms with Crippen molar-refractivity contribution in [1.82, 2.24) is 5.32 Å². The van der Waals surface area contributed by atoms with Gasteiger partial charge in [0.25, 0.3) is 0 Å². The van der Waals surface area contributed by atoms with E-state index in [1.165, 1.54) is 0 Å². The molecule has 0 aromatic rings. The lowest BCUT2D eigenvalue weighted by Gasteiger charge is -2.17. The number of alkyl halides is 1. The number of nitrogens with two attached hydrogens (primary N) is 1. The van der Waals surface area contributed by atoms with Gasteiger partial charge in [-0.05, 0) is 0 Å². The summed E-state index contributed by atoms with van der Waals surface area (Å²) >= 11 is 2.84. The second-order valence-electron chi connectivity index (χ2n) is 2.54. The van der Waals surface area contributed by atoms with Crippen molar-refractivity contribution in [3.63, 3.8) is 0 Å². The molecule has 0 aliphatic carbocycles. The van der Waals surface area contributed by atoms with Crippen molar-refractivity contribution < 1.29 is 18.4 Å². The van der Waals surface area contributed by atoms with Crippen molar-refractivity contribution in [2.45, 2.75) is 12.5 Å². The van der Waals surface area contributed by atoms with Gasteiger partial charge in [0, 0.05) is 18.2 Å². The number of amides is 2. The molecule has 0 aromatic carbocycles. The molecule has 0 aliphatic rings. The fourth-order valence-electron chi connectivity index (χ4n) is 0.825. The smallest absolute Gasteiger partial charge is 0.235 e.